The average Bonchev–Trinajstić information content (AvgIpc) is 2.56. The number of rotatable bonds is 7. The number of hydrogen-bond donors (Lipinski definition) is 1. The molecule has 0 aliphatic carbocycles. The second-order valence-corrected chi connectivity index (χ2v) is 6.19. The van der Waals surface area contributed by atoms with Crippen LogP contribution in [0, 0.1) is 5.82 Å². The number of ether oxygens (including phenoxy) is 2. The van der Waals surface area contributed by atoms with E-state index < -0.39 is 24.6 Å². The summed E-state index contributed by atoms with van der Waals surface area (Å²) in [6, 6.07) is 4.53. The molecule has 2 rings (SSSR count). The van der Waals surface area contributed by atoms with Gasteiger partial charge in [-0.25, -0.2) is 4.39 Å². The van der Waals surface area contributed by atoms with Crippen LogP contribution in [0.5, 0.6) is 5.75 Å². The molecule has 0 amide bonds. The zero-order valence-electron chi connectivity index (χ0n) is 14.1. The number of halogens is 4. The summed E-state index contributed by atoms with van der Waals surface area (Å²) in [6.07, 6.45) is -5.47. The molecule has 1 heterocycles. The number of benzene rings is 1. The highest BCUT2D eigenvalue weighted by Crippen LogP contribution is 2.31. The molecule has 142 valence electrons. The molecule has 0 bridgehead atoms. The predicted molar refractivity (Wildman–Crippen MR) is 84.2 cm³/mol. The molecule has 4 nitrogen and oxygen atoms in total. The van der Waals surface area contributed by atoms with Gasteiger partial charge in [-0.05, 0) is 43.0 Å². The number of piperidine rings is 1. The van der Waals surface area contributed by atoms with E-state index in [0.717, 1.165) is 12.0 Å². The van der Waals surface area contributed by atoms with Crippen LogP contribution >= 0.6 is 0 Å². The van der Waals surface area contributed by atoms with Gasteiger partial charge in [0.25, 0.3) is 0 Å². The first-order chi connectivity index (χ1) is 11.8. The zero-order chi connectivity index (χ0) is 18.4. The molecule has 1 aliphatic rings. The van der Waals surface area contributed by atoms with Crippen molar-refractivity contribution in [2.24, 2.45) is 0 Å². The molecule has 0 radical (unpaired) electrons. The Morgan fingerprint density at radius 2 is 2.08 bits per heavy atom. The molecule has 1 aliphatic heterocycles. The van der Waals surface area contributed by atoms with E-state index in [4.69, 9.17) is 9.47 Å². The Kier molecular flexibility index (Phi) is 7.04. The number of aliphatic hydroxyl groups is 1. The molecule has 0 aromatic heterocycles. The Balaban J connectivity index is 2.01. The first-order valence-electron chi connectivity index (χ1n) is 8.19. The quantitative estimate of drug-likeness (QED) is 0.596. The van der Waals surface area contributed by atoms with Crippen molar-refractivity contribution >= 4 is 0 Å². The predicted octanol–water partition coefficient (Wildman–Crippen LogP) is 2.95. The highest BCUT2D eigenvalue weighted by Gasteiger charge is 2.39. The van der Waals surface area contributed by atoms with Gasteiger partial charge in [-0.15, -0.1) is 0 Å². The van der Waals surface area contributed by atoms with Gasteiger partial charge in [0.05, 0.1) is 6.61 Å². The molecule has 0 saturated carbocycles. The monoisotopic (exact) mass is 365 g/mol. The minimum absolute atomic E-state index is 0.0282. The van der Waals surface area contributed by atoms with E-state index in [9.17, 15) is 22.7 Å². The van der Waals surface area contributed by atoms with Crippen molar-refractivity contribution in [1.82, 2.24) is 4.90 Å². The highest BCUT2D eigenvalue weighted by molar-refractivity contribution is 5.33. The van der Waals surface area contributed by atoms with E-state index in [2.05, 4.69) is 0 Å². The van der Waals surface area contributed by atoms with Crippen LogP contribution in [0.2, 0.25) is 0 Å². The maximum Gasteiger partial charge on any atom is 0.415 e. The molecule has 0 spiro atoms. The lowest BCUT2D eigenvalue weighted by Crippen LogP contribution is -2.44. The maximum atomic E-state index is 13.8. The summed E-state index contributed by atoms with van der Waals surface area (Å²) in [5.41, 5.74) is 0.819. The Morgan fingerprint density at radius 3 is 2.76 bits per heavy atom. The van der Waals surface area contributed by atoms with E-state index in [-0.39, 0.29) is 18.3 Å². The third kappa shape index (κ3) is 5.83. The lowest BCUT2D eigenvalue weighted by atomic mass is 9.90. The Hall–Kier alpha value is -1.38. The van der Waals surface area contributed by atoms with Gasteiger partial charge in [-0.2, -0.15) is 13.2 Å². The van der Waals surface area contributed by atoms with Crippen LogP contribution in [-0.2, 0) is 4.74 Å². The smallest absolute Gasteiger partial charge is 0.415 e. The van der Waals surface area contributed by atoms with Gasteiger partial charge in [0.15, 0.2) is 17.7 Å². The van der Waals surface area contributed by atoms with Gasteiger partial charge in [0.2, 0.25) is 0 Å². The van der Waals surface area contributed by atoms with E-state index >= 15 is 0 Å². The van der Waals surface area contributed by atoms with Crippen molar-refractivity contribution in [2.45, 2.75) is 31.0 Å². The van der Waals surface area contributed by atoms with Crippen molar-refractivity contribution < 1.29 is 32.1 Å². The number of β-amino-alcohol motifs (C(OH)–C–C–N with tert-alkyl or cyclic N) is 1. The SMILES string of the molecule is COCCOc1cc(C2CCCN(CC(O)C(F)(F)F)C2)ccc1F. The molecule has 8 heteroatoms. The molecule has 2 atom stereocenters. The van der Waals surface area contributed by atoms with Gasteiger partial charge in [0, 0.05) is 20.2 Å². The third-order valence-corrected chi connectivity index (χ3v) is 4.29. The van der Waals surface area contributed by atoms with E-state index in [1.807, 2.05) is 0 Å². The second-order valence-electron chi connectivity index (χ2n) is 6.19. The van der Waals surface area contributed by atoms with Gasteiger partial charge in [-0.1, -0.05) is 6.07 Å². The van der Waals surface area contributed by atoms with Gasteiger partial charge in [-0.3, -0.25) is 4.90 Å². The maximum absolute atomic E-state index is 13.8. The Morgan fingerprint density at radius 1 is 1.32 bits per heavy atom. The third-order valence-electron chi connectivity index (χ3n) is 4.29. The van der Waals surface area contributed by atoms with Crippen molar-refractivity contribution in [3.05, 3.63) is 29.6 Å². The van der Waals surface area contributed by atoms with Crippen LogP contribution in [-0.4, -0.2) is 62.2 Å². The van der Waals surface area contributed by atoms with Crippen LogP contribution < -0.4 is 4.74 Å². The summed E-state index contributed by atoms with van der Waals surface area (Å²) >= 11 is 0. The van der Waals surface area contributed by atoms with Crippen LogP contribution in [0.25, 0.3) is 0 Å². The van der Waals surface area contributed by atoms with Crippen LogP contribution in [0.3, 0.4) is 0 Å². The molecule has 1 N–H and O–H groups in total. The largest absolute Gasteiger partial charge is 0.488 e. The van der Waals surface area contributed by atoms with E-state index in [0.29, 0.717) is 26.1 Å². The van der Waals surface area contributed by atoms with E-state index in [1.165, 1.54) is 13.2 Å². The first kappa shape index (κ1) is 19.9. The Labute approximate surface area is 144 Å². The normalized spacial score (nSPS) is 20.5. The molecular formula is C17H23F4NO3. The van der Waals surface area contributed by atoms with Crippen molar-refractivity contribution in [1.29, 1.82) is 0 Å². The van der Waals surface area contributed by atoms with Crippen molar-refractivity contribution in [2.75, 3.05) is 40.0 Å². The minimum Gasteiger partial charge on any atom is -0.488 e. The molecule has 1 aromatic rings. The summed E-state index contributed by atoms with van der Waals surface area (Å²) in [5.74, 6) is -0.401. The van der Waals surface area contributed by atoms with Crippen molar-refractivity contribution in [3.63, 3.8) is 0 Å². The molecule has 2 unspecified atom stereocenters. The number of likely N-dealkylation sites (tertiary alicyclic amines) is 1. The summed E-state index contributed by atoms with van der Waals surface area (Å²) in [7, 11) is 1.52. The molecule has 1 fully saturated rings. The lowest BCUT2D eigenvalue weighted by molar-refractivity contribution is -0.208. The number of nitrogens with zero attached hydrogens (tertiary/aromatic N) is 1. The van der Waals surface area contributed by atoms with E-state index in [1.54, 1.807) is 17.0 Å². The summed E-state index contributed by atoms with van der Waals surface area (Å²) in [6.45, 7) is 0.984. The highest BCUT2D eigenvalue weighted by atomic mass is 19.4. The Bertz CT molecular complexity index is 553. The summed E-state index contributed by atoms with van der Waals surface area (Å²) < 4.78 is 61.6. The molecular weight excluding hydrogens is 342 g/mol. The van der Waals surface area contributed by atoms with Gasteiger partial charge in [0.1, 0.15) is 6.61 Å². The fraction of sp³-hybridized carbons (Fsp3) is 0.647. The molecule has 25 heavy (non-hydrogen) atoms. The van der Waals surface area contributed by atoms with Crippen LogP contribution in [0.1, 0.15) is 24.3 Å². The second kappa shape index (κ2) is 8.82. The zero-order valence-corrected chi connectivity index (χ0v) is 14.1. The fourth-order valence-corrected chi connectivity index (χ4v) is 2.96. The molecule has 1 aromatic carbocycles. The van der Waals surface area contributed by atoms with Crippen LogP contribution in [0.4, 0.5) is 17.6 Å². The van der Waals surface area contributed by atoms with Gasteiger partial charge < -0.3 is 14.6 Å². The average molecular weight is 365 g/mol. The number of alkyl halides is 3. The topological polar surface area (TPSA) is 41.9 Å². The number of hydrogen-bond acceptors (Lipinski definition) is 4. The fourth-order valence-electron chi connectivity index (χ4n) is 2.96. The number of methoxy groups -OCH3 is 1. The van der Waals surface area contributed by atoms with Gasteiger partial charge >= 0.3 is 6.18 Å². The number of aliphatic hydroxyl groups excluding tert-OH is 1. The summed E-state index contributed by atoms with van der Waals surface area (Å²) in [4.78, 5) is 1.60. The summed E-state index contributed by atoms with van der Waals surface area (Å²) in [5, 5.41) is 9.25. The molecule has 1 saturated heterocycles. The minimum atomic E-state index is -4.62. The first-order valence-corrected chi connectivity index (χ1v) is 8.19. The lowest BCUT2D eigenvalue weighted by Gasteiger charge is -2.34. The van der Waals surface area contributed by atoms with Crippen LogP contribution in [0.15, 0.2) is 18.2 Å². The van der Waals surface area contributed by atoms with Crippen molar-refractivity contribution in [3.8, 4) is 5.75 Å². The standard InChI is InChI=1S/C17H23F4NO3/c1-24-7-8-25-15-9-12(4-5-14(15)18)13-3-2-6-22(10-13)11-16(23)17(19,20)21/h4-5,9,13,16,23H,2-3,6-8,10-11H2,1H3.